The molecule has 0 fully saturated rings. The third-order valence-electron chi connectivity index (χ3n) is 4.72. The number of nitrogens with zero attached hydrogens (tertiary/aromatic N) is 2. The van der Waals surface area contributed by atoms with Crippen molar-refractivity contribution in [2.45, 2.75) is 38.6 Å². The molecule has 2 atom stereocenters. The summed E-state index contributed by atoms with van der Waals surface area (Å²) in [6, 6.07) is 8.08. The molecule has 4 rings (SSSR count). The molecular weight excluding hydrogens is 323 g/mol. The van der Waals surface area contributed by atoms with Gasteiger partial charge in [0.25, 0.3) is 0 Å². The molecule has 0 saturated carbocycles. The summed E-state index contributed by atoms with van der Waals surface area (Å²) in [5.74, 6) is 0.209. The molecule has 2 heterocycles. The summed E-state index contributed by atoms with van der Waals surface area (Å²) >= 11 is 0. The van der Waals surface area contributed by atoms with Gasteiger partial charge < -0.3 is 14.9 Å². The number of hydrogen-bond acceptors (Lipinski definition) is 4. The average molecular weight is 342 g/mol. The van der Waals surface area contributed by atoms with E-state index in [-0.39, 0.29) is 12.4 Å². The van der Waals surface area contributed by atoms with Crippen LogP contribution in [0.25, 0.3) is 5.65 Å². The quantitative estimate of drug-likeness (QED) is 0.765. The monoisotopic (exact) mass is 342 g/mol. The van der Waals surface area contributed by atoms with Crippen molar-refractivity contribution < 1.29 is 19.3 Å². The molecule has 25 heavy (non-hydrogen) atoms. The number of imidazole rings is 1. The molecule has 0 radical (unpaired) electrons. The molecule has 3 aromatic rings. The number of ether oxygens (including phenoxy) is 1. The zero-order valence-electron chi connectivity index (χ0n) is 13.8. The molecule has 2 N–H and O–H groups in total. The number of benzene rings is 1. The number of pyridine rings is 1. The topological polar surface area (TPSA) is 67.0 Å². The third-order valence-corrected chi connectivity index (χ3v) is 4.72. The normalized spacial score (nSPS) is 19.4. The third kappa shape index (κ3) is 2.58. The maximum Gasteiger partial charge on any atom is 0.180 e. The van der Waals surface area contributed by atoms with Crippen LogP contribution >= 0.6 is 0 Å². The van der Waals surface area contributed by atoms with Gasteiger partial charge in [0.2, 0.25) is 0 Å². The van der Waals surface area contributed by atoms with E-state index in [1.807, 2.05) is 19.2 Å². The van der Waals surface area contributed by atoms with E-state index in [0.29, 0.717) is 24.2 Å². The Morgan fingerprint density at radius 3 is 2.96 bits per heavy atom. The molecule has 0 bridgehead atoms. The van der Waals surface area contributed by atoms with Crippen LogP contribution in [-0.4, -0.2) is 25.7 Å². The minimum atomic E-state index is -0.741. The van der Waals surface area contributed by atoms with Gasteiger partial charge in [-0.15, -0.1) is 0 Å². The fourth-order valence-electron chi connectivity index (χ4n) is 3.53. The maximum atomic E-state index is 13.4. The van der Waals surface area contributed by atoms with Crippen molar-refractivity contribution in [3.05, 3.63) is 64.9 Å². The number of aliphatic hydroxyl groups excluding tert-OH is 2. The molecule has 1 aliphatic rings. The highest BCUT2D eigenvalue weighted by Gasteiger charge is 2.33. The fraction of sp³-hybridized carbons (Fsp3) is 0.316. The molecule has 0 aliphatic heterocycles. The maximum absolute atomic E-state index is 13.4. The summed E-state index contributed by atoms with van der Waals surface area (Å²) in [7, 11) is 0. The zero-order valence-corrected chi connectivity index (χ0v) is 13.8. The van der Waals surface area contributed by atoms with E-state index in [1.54, 1.807) is 16.5 Å². The van der Waals surface area contributed by atoms with E-state index in [0.717, 1.165) is 22.5 Å². The van der Waals surface area contributed by atoms with Crippen LogP contribution in [0.2, 0.25) is 0 Å². The average Bonchev–Trinajstić information content (AvgIpc) is 3.12. The molecule has 1 aliphatic carbocycles. The Morgan fingerprint density at radius 1 is 1.36 bits per heavy atom. The van der Waals surface area contributed by atoms with Crippen molar-refractivity contribution in [3.63, 3.8) is 0 Å². The van der Waals surface area contributed by atoms with Gasteiger partial charge in [-0.2, -0.15) is 0 Å². The van der Waals surface area contributed by atoms with E-state index < -0.39 is 12.2 Å². The van der Waals surface area contributed by atoms with Gasteiger partial charge in [-0.3, -0.25) is 4.40 Å². The number of halogens is 1. The number of aromatic nitrogens is 2. The van der Waals surface area contributed by atoms with Gasteiger partial charge in [0.05, 0.1) is 24.1 Å². The molecule has 0 spiro atoms. The standard InChI is InChI=1S/C19H19FN2O3/c1-2-14-15(10-23)22-7-3-4-17(19(22)21-14)25-18-13-6-5-12(20)8-11(13)9-16(18)24/h3-8,16,18,23-24H,2,9-10H2,1H3. The minimum absolute atomic E-state index is 0.109. The highest BCUT2D eigenvalue weighted by molar-refractivity contribution is 5.56. The smallest absolute Gasteiger partial charge is 0.180 e. The molecule has 0 saturated heterocycles. The number of aryl methyl sites for hydroxylation is 1. The largest absolute Gasteiger partial charge is 0.479 e. The number of hydrogen-bond donors (Lipinski definition) is 2. The Hall–Kier alpha value is -2.44. The van der Waals surface area contributed by atoms with E-state index in [4.69, 9.17) is 4.74 Å². The lowest BCUT2D eigenvalue weighted by atomic mass is 10.1. The lowest BCUT2D eigenvalue weighted by Gasteiger charge is -2.18. The molecule has 2 unspecified atom stereocenters. The molecule has 5 nitrogen and oxygen atoms in total. The summed E-state index contributed by atoms with van der Waals surface area (Å²) < 4.78 is 21.3. The predicted octanol–water partition coefficient (Wildman–Crippen LogP) is 2.57. The van der Waals surface area contributed by atoms with Crippen molar-refractivity contribution in [3.8, 4) is 5.75 Å². The molecule has 130 valence electrons. The lowest BCUT2D eigenvalue weighted by molar-refractivity contribution is 0.0502. The van der Waals surface area contributed by atoms with Gasteiger partial charge in [-0.05, 0) is 41.8 Å². The zero-order chi connectivity index (χ0) is 17.6. The summed E-state index contributed by atoms with van der Waals surface area (Å²) in [6.07, 6.45) is 1.58. The van der Waals surface area contributed by atoms with E-state index in [2.05, 4.69) is 4.98 Å². The molecule has 2 aromatic heterocycles. The second-order valence-electron chi connectivity index (χ2n) is 6.24. The van der Waals surface area contributed by atoms with E-state index >= 15 is 0 Å². The summed E-state index contributed by atoms with van der Waals surface area (Å²) in [4.78, 5) is 4.58. The fourth-order valence-corrected chi connectivity index (χ4v) is 3.53. The molecular formula is C19H19FN2O3. The van der Waals surface area contributed by atoms with Crippen LogP contribution in [0.15, 0.2) is 36.5 Å². The van der Waals surface area contributed by atoms with E-state index in [9.17, 15) is 14.6 Å². The molecule has 0 amide bonds. The van der Waals surface area contributed by atoms with Crippen molar-refractivity contribution in [1.82, 2.24) is 9.38 Å². The van der Waals surface area contributed by atoms with Crippen LogP contribution in [0.4, 0.5) is 4.39 Å². The van der Waals surface area contributed by atoms with Crippen LogP contribution in [0, 0.1) is 5.82 Å². The highest BCUT2D eigenvalue weighted by atomic mass is 19.1. The van der Waals surface area contributed by atoms with Crippen LogP contribution in [0.5, 0.6) is 5.75 Å². The second kappa shape index (κ2) is 6.13. The first-order valence-electron chi connectivity index (χ1n) is 8.35. The number of fused-ring (bicyclic) bond motifs is 2. The van der Waals surface area contributed by atoms with Crippen molar-refractivity contribution in [1.29, 1.82) is 0 Å². The first-order chi connectivity index (χ1) is 12.1. The summed E-state index contributed by atoms with van der Waals surface area (Å²) in [6.45, 7) is 1.87. The van der Waals surface area contributed by atoms with Crippen LogP contribution < -0.4 is 4.74 Å². The van der Waals surface area contributed by atoms with Crippen LogP contribution in [0.1, 0.15) is 35.5 Å². The highest BCUT2D eigenvalue weighted by Crippen LogP contribution is 2.37. The minimum Gasteiger partial charge on any atom is -0.479 e. The van der Waals surface area contributed by atoms with Gasteiger partial charge in [-0.25, -0.2) is 9.37 Å². The SMILES string of the molecule is CCc1nc2c(OC3c4ccc(F)cc4CC3O)cccn2c1CO. The second-order valence-corrected chi connectivity index (χ2v) is 6.24. The van der Waals surface area contributed by atoms with Crippen molar-refractivity contribution in [2.24, 2.45) is 0 Å². The number of rotatable bonds is 4. The molecule has 1 aromatic carbocycles. The van der Waals surface area contributed by atoms with Crippen molar-refractivity contribution >= 4 is 5.65 Å². The van der Waals surface area contributed by atoms with Gasteiger partial charge in [0.1, 0.15) is 5.82 Å². The van der Waals surface area contributed by atoms with Gasteiger partial charge in [-0.1, -0.05) is 13.0 Å². The Balaban J connectivity index is 1.76. The Morgan fingerprint density at radius 2 is 2.20 bits per heavy atom. The van der Waals surface area contributed by atoms with Gasteiger partial charge in [0.15, 0.2) is 17.5 Å². The Bertz CT molecular complexity index is 938. The van der Waals surface area contributed by atoms with Gasteiger partial charge >= 0.3 is 0 Å². The van der Waals surface area contributed by atoms with Gasteiger partial charge in [0, 0.05) is 12.6 Å². The predicted molar refractivity (Wildman–Crippen MR) is 90.0 cm³/mol. The first-order valence-corrected chi connectivity index (χ1v) is 8.35. The molecule has 6 heteroatoms. The summed E-state index contributed by atoms with van der Waals surface area (Å²) in [5, 5.41) is 20.0. The first kappa shape index (κ1) is 16.1. The van der Waals surface area contributed by atoms with E-state index in [1.165, 1.54) is 12.1 Å². The summed E-state index contributed by atoms with van der Waals surface area (Å²) in [5.41, 5.74) is 3.70. The van der Waals surface area contributed by atoms with Crippen molar-refractivity contribution in [2.75, 3.05) is 0 Å². The number of aliphatic hydroxyl groups is 2. The van der Waals surface area contributed by atoms with Crippen LogP contribution in [-0.2, 0) is 19.4 Å². The Labute approximate surface area is 144 Å². The van der Waals surface area contributed by atoms with Crippen LogP contribution in [0.3, 0.4) is 0 Å². The Kier molecular flexibility index (Phi) is 3.94. The lowest BCUT2D eigenvalue weighted by Crippen LogP contribution is -2.19.